The Morgan fingerprint density at radius 2 is 1.66 bits per heavy atom. The first-order valence-corrected chi connectivity index (χ1v) is 11.7. The minimum Gasteiger partial charge on any atom is -0.489 e. The van der Waals surface area contributed by atoms with Crippen molar-refractivity contribution in [2.75, 3.05) is 11.9 Å². The van der Waals surface area contributed by atoms with Crippen LogP contribution >= 0.6 is 11.8 Å². The third kappa shape index (κ3) is 5.96. The molecule has 1 aliphatic heterocycles. The van der Waals surface area contributed by atoms with Crippen LogP contribution in [0.3, 0.4) is 0 Å². The Balaban J connectivity index is 1.37. The Morgan fingerprint density at radius 3 is 2.31 bits per heavy atom. The number of rotatable bonds is 7. The van der Waals surface area contributed by atoms with Gasteiger partial charge in [0.25, 0.3) is 11.1 Å². The van der Waals surface area contributed by atoms with Crippen molar-refractivity contribution in [1.29, 1.82) is 0 Å². The van der Waals surface area contributed by atoms with Crippen LogP contribution in [-0.4, -0.2) is 28.5 Å². The van der Waals surface area contributed by atoms with Gasteiger partial charge in [-0.1, -0.05) is 42.5 Å². The molecule has 0 saturated carbocycles. The summed E-state index contributed by atoms with van der Waals surface area (Å²) in [5, 5.41) is 2.31. The molecule has 8 heteroatoms. The van der Waals surface area contributed by atoms with E-state index in [0.29, 0.717) is 23.6 Å². The molecule has 0 aliphatic carbocycles. The lowest BCUT2D eigenvalue weighted by Gasteiger charge is -2.15. The molecule has 1 aliphatic rings. The Hall–Kier alpha value is -3.91. The fourth-order valence-corrected chi connectivity index (χ4v) is 4.37. The maximum absolute atomic E-state index is 13.0. The zero-order valence-electron chi connectivity index (χ0n) is 19.2. The molecule has 3 amide bonds. The van der Waals surface area contributed by atoms with Gasteiger partial charge in [-0.2, -0.15) is 0 Å². The third-order valence-corrected chi connectivity index (χ3v) is 6.32. The normalized spacial score (nSPS) is 14.5. The number of thioether (sulfide) groups is 1. The zero-order valence-corrected chi connectivity index (χ0v) is 20.0. The number of nitrogens with one attached hydrogen (secondary N) is 1. The molecule has 0 radical (unpaired) electrons. The lowest BCUT2D eigenvalue weighted by molar-refractivity contribution is -0.127. The van der Waals surface area contributed by atoms with Crippen LogP contribution in [0.25, 0.3) is 6.08 Å². The van der Waals surface area contributed by atoms with Crippen molar-refractivity contribution in [2.24, 2.45) is 0 Å². The number of carbonyl (C=O) groups excluding carboxylic acids is 3. The minimum atomic E-state index is -0.506. The molecular formula is C27H23FN2O4S. The monoisotopic (exact) mass is 490 g/mol. The van der Waals surface area contributed by atoms with Crippen molar-refractivity contribution >= 4 is 40.6 Å². The number of hydrogen-bond acceptors (Lipinski definition) is 5. The number of halogens is 1. The van der Waals surface area contributed by atoms with E-state index in [1.807, 2.05) is 32.0 Å². The van der Waals surface area contributed by atoms with E-state index in [1.54, 1.807) is 42.5 Å². The second-order valence-electron chi connectivity index (χ2n) is 8.07. The number of anilines is 1. The zero-order chi connectivity index (χ0) is 24.9. The molecule has 1 heterocycles. The number of ether oxygens (including phenoxy) is 1. The number of nitrogens with zero attached hydrogens (tertiary/aromatic N) is 1. The van der Waals surface area contributed by atoms with E-state index in [9.17, 15) is 18.8 Å². The molecule has 1 fully saturated rings. The van der Waals surface area contributed by atoms with Gasteiger partial charge in [0.15, 0.2) is 0 Å². The Morgan fingerprint density at radius 1 is 1.00 bits per heavy atom. The Kier molecular flexibility index (Phi) is 7.31. The van der Waals surface area contributed by atoms with Crippen LogP contribution in [-0.2, 0) is 16.2 Å². The predicted octanol–water partition coefficient (Wildman–Crippen LogP) is 5.70. The van der Waals surface area contributed by atoms with Gasteiger partial charge in [-0.3, -0.25) is 19.3 Å². The largest absolute Gasteiger partial charge is 0.489 e. The van der Waals surface area contributed by atoms with Gasteiger partial charge < -0.3 is 10.1 Å². The second-order valence-corrected chi connectivity index (χ2v) is 9.06. The van der Waals surface area contributed by atoms with Crippen LogP contribution in [0.1, 0.15) is 22.3 Å². The van der Waals surface area contributed by atoms with E-state index in [1.165, 1.54) is 12.1 Å². The average molecular weight is 491 g/mol. The lowest BCUT2D eigenvalue weighted by Crippen LogP contribution is -2.36. The van der Waals surface area contributed by atoms with Crippen LogP contribution in [0.2, 0.25) is 0 Å². The lowest BCUT2D eigenvalue weighted by atomic mass is 10.1. The highest BCUT2D eigenvalue weighted by Crippen LogP contribution is 2.32. The van der Waals surface area contributed by atoms with Gasteiger partial charge in [-0.15, -0.1) is 0 Å². The van der Waals surface area contributed by atoms with Gasteiger partial charge in [-0.05, 0) is 78.2 Å². The number of aryl methyl sites for hydroxylation is 2. The summed E-state index contributed by atoms with van der Waals surface area (Å²) in [6, 6.07) is 18.7. The van der Waals surface area contributed by atoms with Crippen molar-refractivity contribution in [3.05, 3.63) is 99.7 Å². The molecule has 1 saturated heterocycles. The molecule has 1 N–H and O–H groups in total. The smallest absolute Gasteiger partial charge is 0.294 e. The summed E-state index contributed by atoms with van der Waals surface area (Å²) in [4.78, 5) is 38.9. The third-order valence-electron chi connectivity index (χ3n) is 5.42. The van der Waals surface area contributed by atoms with E-state index in [2.05, 4.69) is 5.32 Å². The summed E-state index contributed by atoms with van der Waals surface area (Å²) in [6.07, 6.45) is 1.61. The first-order chi connectivity index (χ1) is 16.8. The summed E-state index contributed by atoms with van der Waals surface area (Å²) < 4.78 is 18.7. The summed E-state index contributed by atoms with van der Waals surface area (Å²) >= 11 is 0.801. The van der Waals surface area contributed by atoms with E-state index >= 15 is 0 Å². The fourth-order valence-electron chi connectivity index (χ4n) is 3.53. The Labute approximate surface area is 206 Å². The maximum atomic E-state index is 13.0. The van der Waals surface area contributed by atoms with Crippen LogP contribution < -0.4 is 10.1 Å². The highest BCUT2D eigenvalue weighted by atomic mass is 32.2. The predicted molar refractivity (Wildman–Crippen MR) is 134 cm³/mol. The van der Waals surface area contributed by atoms with Crippen LogP contribution in [0, 0.1) is 19.7 Å². The minimum absolute atomic E-state index is 0.245. The van der Waals surface area contributed by atoms with E-state index in [0.717, 1.165) is 33.4 Å². The molecule has 0 unspecified atom stereocenters. The number of benzene rings is 3. The molecule has 6 nitrogen and oxygen atoms in total. The molecule has 178 valence electrons. The van der Waals surface area contributed by atoms with Crippen molar-refractivity contribution in [3.8, 4) is 5.75 Å². The highest BCUT2D eigenvalue weighted by Gasteiger charge is 2.36. The standard InChI is InChI=1S/C27H23FN2O4S/c1-17-4-3-5-18(2)25(17)29-24(31)15-30-26(32)23(35-27(30)33)14-19-8-12-22(13-9-19)34-16-20-6-10-21(28)11-7-20/h3-14H,15-16H2,1-2H3,(H,29,31)/b23-14-. The van der Waals surface area contributed by atoms with Gasteiger partial charge in [-0.25, -0.2) is 4.39 Å². The molecule has 3 aromatic rings. The van der Waals surface area contributed by atoms with Crippen LogP contribution in [0.5, 0.6) is 5.75 Å². The average Bonchev–Trinajstić information content (AvgIpc) is 3.09. The van der Waals surface area contributed by atoms with Gasteiger partial charge in [0, 0.05) is 5.69 Å². The number of amides is 3. The highest BCUT2D eigenvalue weighted by molar-refractivity contribution is 8.18. The van der Waals surface area contributed by atoms with Crippen LogP contribution in [0.15, 0.2) is 71.6 Å². The number of hydrogen-bond donors (Lipinski definition) is 1. The van der Waals surface area contributed by atoms with E-state index < -0.39 is 17.1 Å². The van der Waals surface area contributed by atoms with E-state index in [4.69, 9.17) is 4.74 Å². The number of para-hydroxylation sites is 1. The SMILES string of the molecule is Cc1cccc(C)c1NC(=O)CN1C(=O)S/C(=C\c2ccc(OCc3ccc(F)cc3)cc2)C1=O. The van der Waals surface area contributed by atoms with Gasteiger partial charge >= 0.3 is 0 Å². The summed E-state index contributed by atoms with van der Waals surface area (Å²) in [6.45, 7) is 3.70. The summed E-state index contributed by atoms with van der Waals surface area (Å²) in [5.41, 5.74) is 4.03. The van der Waals surface area contributed by atoms with Gasteiger partial charge in [0.05, 0.1) is 4.91 Å². The first-order valence-electron chi connectivity index (χ1n) is 10.9. The first kappa shape index (κ1) is 24.2. The molecule has 4 rings (SSSR count). The maximum Gasteiger partial charge on any atom is 0.294 e. The van der Waals surface area contributed by atoms with Crippen molar-refractivity contribution in [3.63, 3.8) is 0 Å². The molecular weight excluding hydrogens is 467 g/mol. The molecule has 3 aromatic carbocycles. The summed E-state index contributed by atoms with van der Waals surface area (Å²) in [5.74, 6) is -0.630. The molecule has 0 atom stereocenters. The van der Waals surface area contributed by atoms with Crippen LogP contribution in [0.4, 0.5) is 14.9 Å². The molecule has 35 heavy (non-hydrogen) atoms. The van der Waals surface area contributed by atoms with Crippen molar-refractivity contribution in [1.82, 2.24) is 4.90 Å². The van der Waals surface area contributed by atoms with Gasteiger partial charge in [0.1, 0.15) is 24.7 Å². The molecule has 0 spiro atoms. The second kappa shape index (κ2) is 10.6. The fraction of sp³-hybridized carbons (Fsp3) is 0.148. The van der Waals surface area contributed by atoms with Gasteiger partial charge in [0.2, 0.25) is 5.91 Å². The number of carbonyl (C=O) groups is 3. The van der Waals surface area contributed by atoms with E-state index in [-0.39, 0.29) is 17.3 Å². The number of imide groups is 1. The summed E-state index contributed by atoms with van der Waals surface area (Å²) in [7, 11) is 0. The Bertz CT molecular complexity index is 1280. The molecule has 0 bridgehead atoms. The molecule has 0 aromatic heterocycles. The topological polar surface area (TPSA) is 75.7 Å². The quantitative estimate of drug-likeness (QED) is 0.430. The van der Waals surface area contributed by atoms with Crippen molar-refractivity contribution in [2.45, 2.75) is 20.5 Å². The van der Waals surface area contributed by atoms with Crippen molar-refractivity contribution < 1.29 is 23.5 Å².